The minimum Gasteiger partial charge on any atom is -0.479 e. The smallest absolute Gasteiger partial charge is 0.311 e. The van der Waals surface area contributed by atoms with Crippen molar-refractivity contribution in [3.8, 4) is 5.75 Å². The van der Waals surface area contributed by atoms with Crippen molar-refractivity contribution in [2.75, 3.05) is 0 Å². The Kier molecular flexibility index (Phi) is 4.31. The van der Waals surface area contributed by atoms with E-state index in [-0.39, 0.29) is 24.6 Å². The number of thiazole rings is 1. The highest BCUT2D eigenvalue weighted by Crippen LogP contribution is 2.29. The van der Waals surface area contributed by atoms with E-state index in [4.69, 9.17) is 10.5 Å². The second-order valence-corrected chi connectivity index (χ2v) is 5.59. The van der Waals surface area contributed by atoms with Crippen molar-refractivity contribution < 1.29 is 9.66 Å². The number of aromatic nitrogens is 1. The second-order valence-electron chi connectivity index (χ2n) is 4.30. The number of hydrogen-bond donors (Lipinski definition) is 1. The fourth-order valence-electron chi connectivity index (χ4n) is 1.70. The molecule has 0 saturated heterocycles. The van der Waals surface area contributed by atoms with Crippen LogP contribution in [0.1, 0.15) is 21.1 Å². The third-order valence-electron chi connectivity index (χ3n) is 2.88. The van der Waals surface area contributed by atoms with E-state index >= 15 is 0 Å². The van der Waals surface area contributed by atoms with E-state index < -0.39 is 4.92 Å². The number of nitro groups is 1. The standard InChI is InChI=1S/C13H15N3O3S/c1-8-9(2)20-13(15-8)7-19-12-4-3-10(6-14)5-11(12)16(17)18/h3-5H,6-7,14H2,1-2H3. The molecule has 106 valence electrons. The predicted octanol–water partition coefficient (Wildman–Crippen LogP) is 2.71. The monoisotopic (exact) mass is 293 g/mol. The quantitative estimate of drug-likeness (QED) is 0.676. The molecule has 0 spiro atoms. The molecule has 0 bridgehead atoms. The van der Waals surface area contributed by atoms with Crippen LogP contribution in [-0.2, 0) is 13.2 Å². The average molecular weight is 293 g/mol. The molecule has 0 aliphatic heterocycles. The van der Waals surface area contributed by atoms with Crippen LogP contribution in [0.15, 0.2) is 18.2 Å². The molecule has 0 radical (unpaired) electrons. The highest BCUT2D eigenvalue weighted by molar-refractivity contribution is 7.11. The van der Waals surface area contributed by atoms with Gasteiger partial charge in [0.05, 0.1) is 10.6 Å². The van der Waals surface area contributed by atoms with Gasteiger partial charge in [-0.1, -0.05) is 6.07 Å². The molecule has 0 aliphatic rings. The van der Waals surface area contributed by atoms with Gasteiger partial charge < -0.3 is 10.5 Å². The van der Waals surface area contributed by atoms with Crippen LogP contribution in [0.2, 0.25) is 0 Å². The molecule has 2 N–H and O–H groups in total. The number of nitro benzene ring substituents is 1. The first-order chi connectivity index (χ1) is 9.51. The zero-order valence-corrected chi connectivity index (χ0v) is 12.1. The molecule has 0 amide bonds. The van der Waals surface area contributed by atoms with Gasteiger partial charge in [-0.15, -0.1) is 11.3 Å². The van der Waals surface area contributed by atoms with E-state index in [1.54, 1.807) is 12.1 Å². The van der Waals surface area contributed by atoms with Crippen LogP contribution in [-0.4, -0.2) is 9.91 Å². The van der Waals surface area contributed by atoms with E-state index in [0.717, 1.165) is 15.6 Å². The normalized spacial score (nSPS) is 10.6. The highest BCUT2D eigenvalue weighted by Gasteiger charge is 2.16. The minimum atomic E-state index is -0.465. The van der Waals surface area contributed by atoms with Gasteiger partial charge in [0.2, 0.25) is 0 Å². The Bertz CT molecular complexity index is 620. The maximum Gasteiger partial charge on any atom is 0.311 e. The number of hydrogen-bond acceptors (Lipinski definition) is 6. The predicted molar refractivity (Wildman–Crippen MR) is 76.9 cm³/mol. The number of ether oxygens (including phenoxy) is 1. The highest BCUT2D eigenvalue weighted by atomic mass is 32.1. The SMILES string of the molecule is Cc1nc(COc2ccc(CN)cc2[N+](=O)[O-])sc1C. The maximum atomic E-state index is 11.0. The Balaban J connectivity index is 2.18. The molecule has 0 unspecified atom stereocenters. The lowest BCUT2D eigenvalue weighted by Crippen LogP contribution is -2.02. The number of nitrogens with two attached hydrogens (primary N) is 1. The first kappa shape index (κ1) is 14.4. The summed E-state index contributed by atoms with van der Waals surface area (Å²) in [5.41, 5.74) is 7.07. The van der Waals surface area contributed by atoms with Crippen LogP contribution >= 0.6 is 11.3 Å². The molecule has 2 rings (SSSR count). The van der Waals surface area contributed by atoms with Crippen LogP contribution < -0.4 is 10.5 Å². The fraction of sp³-hybridized carbons (Fsp3) is 0.308. The third-order valence-corrected chi connectivity index (χ3v) is 3.93. The second kappa shape index (κ2) is 5.98. The lowest BCUT2D eigenvalue weighted by atomic mass is 10.2. The summed E-state index contributed by atoms with van der Waals surface area (Å²) in [5, 5.41) is 11.8. The van der Waals surface area contributed by atoms with Gasteiger partial charge in [0.25, 0.3) is 0 Å². The summed E-state index contributed by atoms with van der Waals surface area (Å²) in [5.74, 6) is 0.234. The van der Waals surface area contributed by atoms with Gasteiger partial charge in [-0.2, -0.15) is 0 Å². The Labute approximate surface area is 120 Å². The van der Waals surface area contributed by atoms with Crippen molar-refractivity contribution in [1.82, 2.24) is 4.98 Å². The van der Waals surface area contributed by atoms with Crippen LogP contribution in [0.3, 0.4) is 0 Å². The Morgan fingerprint density at radius 2 is 2.20 bits per heavy atom. The van der Waals surface area contributed by atoms with E-state index in [0.29, 0.717) is 5.56 Å². The van der Waals surface area contributed by atoms with Crippen LogP contribution in [0, 0.1) is 24.0 Å². The van der Waals surface area contributed by atoms with Crippen molar-refractivity contribution in [2.45, 2.75) is 27.0 Å². The Morgan fingerprint density at radius 3 is 2.75 bits per heavy atom. The number of aryl methyl sites for hydroxylation is 2. The van der Waals surface area contributed by atoms with Crippen molar-refractivity contribution in [2.24, 2.45) is 5.73 Å². The van der Waals surface area contributed by atoms with Gasteiger partial charge >= 0.3 is 5.69 Å². The molecule has 0 fully saturated rings. The molecular formula is C13H15N3O3S. The topological polar surface area (TPSA) is 91.3 Å². The largest absolute Gasteiger partial charge is 0.479 e. The van der Waals surface area contributed by atoms with E-state index in [2.05, 4.69) is 4.98 Å². The lowest BCUT2D eigenvalue weighted by Gasteiger charge is -2.06. The van der Waals surface area contributed by atoms with E-state index in [1.165, 1.54) is 17.4 Å². The van der Waals surface area contributed by atoms with E-state index in [1.807, 2.05) is 13.8 Å². The minimum absolute atomic E-state index is 0.0713. The van der Waals surface area contributed by atoms with Crippen molar-refractivity contribution in [3.63, 3.8) is 0 Å². The van der Waals surface area contributed by atoms with Gasteiger partial charge in [0.15, 0.2) is 5.75 Å². The first-order valence-corrected chi connectivity index (χ1v) is 6.86. The van der Waals surface area contributed by atoms with Crippen LogP contribution in [0.5, 0.6) is 5.75 Å². The summed E-state index contributed by atoms with van der Waals surface area (Å²) in [4.78, 5) is 16.0. The van der Waals surface area contributed by atoms with Crippen molar-refractivity contribution in [3.05, 3.63) is 49.5 Å². The molecule has 2 aromatic rings. The zero-order valence-electron chi connectivity index (χ0n) is 11.3. The van der Waals surface area contributed by atoms with Crippen LogP contribution in [0.25, 0.3) is 0 Å². The molecule has 6 nitrogen and oxygen atoms in total. The third kappa shape index (κ3) is 3.12. The van der Waals surface area contributed by atoms with Crippen LogP contribution in [0.4, 0.5) is 5.69 Å². The number of rotatable bonds is 5. The molecule has 20 heavy (non-hydrogen) atoms. The van der Waals surface area contributed by atoms with Gasteiger partial charge in [0, 0.05) is 17.5 Å². The molecule has 0 atom stereocenters. The van der Waals surface area contributed by atoms with Crippen molar-refractivity contribution in [1.29, 1.82) is 0 Å². The molecular weight excluding hydrogens is 278 g/mol. The summed E-state index contributed by atoms with van der Waals surface area (Å²) in [6.45, 7) is 4.39. The Morgan fingerprint density at radius 1 is 1.45 bits per heavy atom. The molecule has 1 aromatic heterocycles. The van der Waals surface area contributed by atoms with Crippen molar-refractivity contribution >= 4 is 17.0 Å². The maximum absolute atomic E-state index is 11.0. The fourth-order valence-corrected chi connectivity index (χ4v) is 2.54. The van der Waals surface area contributed by atoms with Gasteiger partial charge in [-0.3, -0.25) is 10.1 Å². The summed E-state index contributed by atoms with van der Waals surface area (Å²) < 4.78 is 5.52. The van der Waals surface area contributed by atoms with E-state index in [9.17, 15) is 10.1 Å². The van der Waals surface area contributed by atoms with Gasteiger partial charge in [-0.05, 0) is 25.5 Å². The summed E-state index contributed by atoms with van der Waals surface area (Å²) in [7, 11) is 0. The molecule has 1 aromatic carbocycles. The lowest BCUT2D eigenvalue weighted by molar-refractivity contribution is -0.386. The first-order valence-electron chi connectivity index (χ1n) is 6.04. The number of benzene rings is 1. The van der Waals surface area contributed by atoms with Gasteiger partial charge in [-0.25, -0.2) is 4.98 Å². The van der Waals surface area contributed by atoms with Gasteiger partial charge in [0.1, 0.15) is 11.6 Å². The summed E-state index contributed by atoms with van der Waals surface area (Å²) in [6, 6.07) is 4.74. The molecule has 7 heteroatoms. The molecule has 0 saturated carbocycles. The molecule has 1 heterocycles. The number of nitrogens with zero attached hydrogens (tertiary/aromatic N) is 2. The average Bonchev–Trinajstić information content (AvgIpc) is 2.75. The molecule has 0 aliphatic carbocycles. The summed E-state index contributed by atoms with van der Waals surface area (Å²) >= 11 is 1.53. The zero-order chi connectivity index (χ0) is 14.7. The summed E-state index contributed by atoms with van der Waals surface area (Å²) in [6.07, 6.45) is 0. The Hall–Kier alpha value is -1.99.